The third-order valence-corrected chi connectivity index (χ3v) is 5.43. The van der Waals surface area contributed by atoms with Gasteiger partial charge in [0, 0.05) is 12.3 Å². The van der Waals surface area contributed by atoms with Gasteiger partial charge in [0.25, 0.3) is 0 Å². The summed E-state index contributed by atoms with van der Waals surface area (Å²) in [5.41, 5.74) is 3.09. The van der Waals surface area contributed by atoms with Gasteiger partial charge >= 0.3 is 0 Å². The summed E-state index contributed by atoms with van der Waals surface area (Å²) >= 11 is 2.42. The van der Waals surface area contributed by atoms with Crippen LogP contribution in [-0.2, 0) is 4.79 Å². The molecule has 104 valence electrons. The minimum Gasteiger partial charge on any atom is -0.299 e. The zero-order chi connectivity index (χ0) is 13.4. The number of halogens is 1. The Hall–Kier alpha value is -0.190. The molecule has 3 rings (SSSR count). The van der Waals surface area contributed by atoms with Crippen LogP contribution in [-0.4, -0.2) is 15.5 Å². The summed E-state index contributed by atoms with van der Waals surface area (Å²) in [6, 6.07) is 0.376. The Balaban J connectivity index is 1.60. The predicted octanol–water partition coefficient (Wildman–Crippen LogP) is 4.47. The van der Waals surface area contributed by atoms with Crippen LogP contribution >= 0.6 is 22.6 Å². The number of Topliss-reactive ketones (excluding diaryl/α,β-unsaturated/α-hetero) is 1. The molecule has 0 aromatic rings. The zero-order valence-electron chi connectivity index (χ0n) is 11.6. The van der Waals surface area contributed by atoms with Gasteiger partial charge in [-0.05, 0) is 86.0 Å². The molecule has 1 aliphatic heterocycles. The molecule has 0 N–H and O–H groups in total. The Bertz CT molecular complexity index is 444. The first-order valence-corrected chi connectivity index (χ1v) is 8.69. The molecule has 2 nitrogen and oxygen atoms in total. The first-order chi connectivity index (χ1) is 9.15. The number of hydrogen-bond acceptors (Lipinski definition) is 2. The van der Waals surface area contributed by atoms with E-state index in [9.17, 15) is 4.79 Å². The highest BCUT2D eigenvalue weighted by molar-refractivity contribution is 14.1. The van der Waals surface area contributed by atoms with Gasteiger partial charge in [-0.3, -0.25) is 9.79 Å². The van der Waals surface area contributed by atoms with Crippen molar-refractivity contribution in [3.63, 3.8) is 0 Å². The highest BCUT2D eigenvalue weighted by Crippen LogP contribution is 2.42. The van der Waals surface area contributed by atoms with Crippen LogP contribution in [0.25, 0.3) is 0 Å². The summed E-state index contributed by atoms with van der Waals surface area (Å²) in [6.07, 6.45) is 8.98. The Morgan fingerprint density at radius 1 is 1.26 bits per heavy atom. The highest BCUT2D eigenvalue weighted by Gasteiger charge is 2.32. The Labute approximate surface area is 129 Å². The molecule has 2 aliphatic carbocycles. The van der Waals surface area contributed by atoms with Crippen molar-refractivity contribution in [2.45, 2.75) is 64.3 Å². The number of ketones is 1. The Morgan fingerprint density at radius 3 is 2.63 bits per heavy atom. The lowest BCUT2D eigenvalue weighted by atomic mass is 9.99. The second-order valence-electron chi connectivity index (χ2n) is 6.36. The second-order valence-corrected chi connectivity index (χ2v) is 7.38. The molecule has 2 fully saturated rings. The second kappa shape index (κ2) is 5.66. The Morgan fingerprint density at radius 2 is 2.00 bits per heavy atom. The van der Waals surface area contributed by atoms with E-state index in [1.807, 2.05) is 0 Å². The van der Waals surface area contributed by atoms with E-state index in [0.29, 0.717) is 17.7 Å². The minimum atomic E-state index is 0.376. The molecule has 3 heteroatoms. The fourth-order valence-corrected chi connectivity index (χ4v) is 4.30. The molecular weight excluding hydrogens is 349 g/mol. The number of aliphatic imine (C=N–C) groups is 1. The van der Waals surface area contributed by atoms with Gasteiger partial charge in [-0.25, -0.2) is 0 Å². The monoisotopic (exact) mass is 371 g/mol. The largest absolute Gasteiger partial charge is 0.299 e. The van der Waals surface area contributed by atoms with Crippen LogP contribution in [0, 0.1) is 11.8 Å². The normalized spacial score (nSPS) is 28.1. The van der Waals surface area contributed by atoms with E-state index in [2.05, 4.69) is 29.5 Å². The lowest BCUT2D eigenvalue weighted by Crippen LogP contribution is -2.10. The van der Waals surface area contributed by atoms with Gasteiger partial charge in [-0.2, -0.15) is 0 Å². The lowest BCUT2D eigenvalue weighted by molar-refractivity contribution is -0.120. The van der Waals surface area contributed by atoms with Crippen molar-refractivity contribution in [3.05, 3.63) is 11.1 Å². The molecule has 0 amide bonds. The summed E-state index contributed by atoms with van der Waals surface area (Å²) in [4.78, 5) is 16.7. The molecule has 19 heavy (non-hydrogen) atoms. The smallest absolute Gasteiger partial charge is 0.136 e. The molecule has 0 bridgehead atoms. The topological polar surface area (TPSA) is 29.4 Å². The van der Waals surface area contributed by atoms with E-state index in [-0.39, 0.29) is 0 Å². The van der Waals surface area contributed by atoms with Crippen molar-refractivity contribution in [1.29, 1.82) is 0 Å². The van der Waals surface area contributed by atoms with E-state index < -0.39 is 0 Å². The van der Waals surface area contributed by atoms with Crippen LogP contribution in [0.15, 0.2) is 16.1 Å². The first kappa shape index (κ1) is 13.8. The molecule has 1 unspecified atom stereocenters. The predicted molar refractivity (Wildman–Crippen MR) is 86.9 cm³/mol. The van der Waals surface area contributed by atoms with Crippen LogP contribution in [0.4, 0.5) is 0 Å². The number of nitrogens with zero attached hydrogens (tertiary/aromatic N) is 1. The first-order valence-electron chi connectivity index (χ1n) is 7.61. The SMILES string of the molecule is CC1=C(C2CC2)C(I)=NC(CCC(=O)C2CC2)CC1. The molecule has 0 radical (unpaired) electrons. The molecule has 0 saturated heterocycles. The standard InChI is InChI=1S/C16H22INO/c1-10-2-7-13(8-9-14(19)11-3-4-11)18-16(17)15(10)12-5-6-12/h11-13H,2-9H2,1H3. The van der Waals surface area contributed by atoms with E-state index in [1.54, 1.807) is 5.57 Å². The summed E-state index contributed by atoms with van der Waals surface area (Å²) < 4.78 is 1.24. The zero-order valence-corrected chi connectivity index (χ0v) is 13.8. The molecule has 1 heterocycles. The van der Waals surface area contributed by atoms with E-state index in [0.717, 1.165) is 38.0 Å². The molecule has 3 aliphatic rings. The summed E-state index contributed by atoms with van der Waals surface area (Å²) in [5.74, 6) is 1.69. The average molecular weight is 371 g/mol. The maximum atomic E-state index is 11.8. The highest BCUT2D eigenvalue weighted by atomic mass is 127. The maximum Gasteiger partial charge on any atom is 0.136 e. The quantitative estimate of drug-likeness (QED) is 0.656. The summed E-state index contributed by atoms with van der Waals surface area (Å²) in [7, 11) is 0. The van der Waals surface area contributed by atoms with Crippen molar-refractivity contribution in [3.8, 4) is 0 Å². The van der Waals surface area contributed by atoms with Crippen molar-refractivity contribution in [1.82, 2.24) is 0 Å². The van der Waals surface area contributed by atoms with Gasteiger partial charge in [0.1, 0.15) is 5.78 Å². The van der Waals surface area contributed by atoms with E-state index >= 15 is 0 Å². The molecule has 0 aromatic carbocycles. The number of carbonyl (C=O) groups excluding carboxylic acids is 1. The van der Waals surface area contributed by atoms with Gasteiger partial charge in [0.2, 0.25) is 0 Å². The summed E-state index contributed by atoms with van der Waals surface area (Å²) in [5, 5.41) is 0. The lowest BCUT2D eigenvalue weighted by Gasteiger charge is -2.10. The van der Waals surface area contributed by atoms with Crippen molar-refractivity contribution in [2.24, 2.45) is 16.8 Å². The maximum absolute atomic E-state index is 11.8. The molecule has 0 spiro atoms. The third-order valence-electron chi connectivity index (χ3n) is 4.57. The molecular formula is C16H22INO. The van der Waals surface area contributed by atoms with Crippen molar-refractivity contribution in [2.75, 3.05) is 0 Å². The molecule has 0 aromatic heterocycles. The van der Waals surface area contributed by atoms with Gasteiger partial charge < -0.3 is 0 Å². The fraction of sp³-hybridized carbons (Fsp3) is 0.750. The van der Waals surface area contributed by atoms with Gasteiger partial charge in [0.05, 0.1) is 9.76 Å². The molecule has 2 saturated carbocycles. The van der Waals surface area contributed by atoms with Crippen molar-refractivity contribution < 1.29 is 4.79 Å². The molecule has 1 atom stereocenters. The van der Waals surface area contributed by atoms with Crippen LogP contribution < -0.4 is 0 Å². The van der Waals surface area contributed by atoms with Gasteiger partial charge in [0.15, 0.2) is 0 Å². The van der Waals surface area contributed by atoms with Crippen molar-refractivity contribution >= 4 is 32.1 Å². The summed E-state index contributed by atoms with van der Waals surface area (Å²) in [6.45, 7) is 2.28. The van der Waals surface area contributed by atoms with Gasteiger partial charge in [-0.1, -0.05) is 5.57 Å². The van der Waals surface area contributed by atoms with Crippen LogP contribution in [0.2, 0.25) is 0 Å². The van der Waals surface area contributed by atoms with Gasteiger partial charge in [-0.15, -0.1) is 0 Å². The van der Waals surface area contributed by atoms with Crippen LogP contribution in [0.1, 0.15) is 58.3 Å². The third kappa shape index (κ3) is 3.47. The van der Waals surface area contributed by atoms with Crippen LogP contribution in [0.5, 0.6) is 0 Å². The Kier molecular flexibility index (Phi) is 4.11. The fourth-order valence-electron chi connectivity index (χ4n) is 3.00. The number of carbonyl (C=O) groups is 1. The number of rotatable bonds is 5. The van der Waals surface area contributed by atoms with E-state index in [4.69, 9.17) is 4.99 Å². The minimum absolute atomic E-state index is 0.376. The van der Waals surface area contributed by atoms with Crippen LogP contribution in [0.3, 0.4) is 0 Å². The number of allylic oxidation sites excluding steroid dienone is 2. The van der Waals surface area contributed by atoms with E-state index in [1.165, 1.54) is 28.6 Å². The number of hydrogen-bond donors (Lipinski definition) is 0. The average Bonchev–Trinajstić information content (AvgIpc) is 3.22.